The predicted molar refractivity (Wildman–Crippen MR) is 63.8 cm³/mol. The molecule has 0 radical (unpaired) electrons. The van der Waals surface area contributed by atoms with E-state index in [1.54, 1.807) is 12.1 Å². The van der Waals surface area contributed by atoms with Gasteiger partial charge in [-0.15, -0.1) is 0 Å². The maximum absolute atomic E-state index is 11.5. The molecule has 0 unspecified atom stereocenters. The van der Waals surface area contributed by atoms with Crippen molar-refractivity contribution in [3.05, 3.63) is 41.0 Å². The Kier molecular flexibility index (Phi) is 2.63. The van der Waals surface area contributed by atoms with E-state index in [1.807, 2.05) is 18.2 Å². The van der Waals surface area contributed by atoms with Crippen LogP contribution in [0.25, 0.3) is 5.70 Å². The smallest absolute Gasteiger partial charge is 0.263 e. The van der Waals surface area contributed by atoms with Gasteiger partial charge in [-0.3, -0.25) is 4.79 Å². The van der Waals surface area contributed by atoms with Crippen molar-refractivity contribution in [1.82, 2.24) is 5.32 Å². The Bertz CT molecular complexity index is 593. The molecule has 0 spiro atoms. The van der Waals surface area contributed by atoms with Crippen LogP contribution in [-0.2, 0) is 4.79 Å². The standard InChI is InChI=1S/C12H10N4O/c1-15-12(17)9(6-13)10-7-4-2-3-5-8(7)11(14)16-10/h2-5H,1H3,(H2,14,16)(H,15,17)/b10-9+. The highest BCUT2D eigenvalue weighted by atomic mass is 16.1. The highest BCUT2D eigenvalue weighted by Gasteiger charge is 2.23. The Balaban J connectivity index is 2.68. The number of hydrogen-bond donors (Lipinski definition) is 2. The van der Waals surface area contributed by atoms with Gasteiger partial charge in [0.15, 0.2) is 0 Å². The van der Waals surface area contributed by atoms with E-state index in [4.69, 9.17) is 11.0 Å². The van der Waals surface area contributed by atoms with Crippen LogP contribution in [0.15, 0.2) is 34.8 Å². The lowest BCUT2D eigenvalue weighted by molar-refractivity contribution is -0.116. The number of amides is 1. The number of fused-ring (bicyclic) bond motifs is 1. The van der Waals surface area contributed by atoms with Crippen LogP contribution in [0.4, 0.5) is 0 Å². The molecule has 1 aliphatic rings. The Morgan fingerprint density at radius 3 is 2.65 bits per heavy atom. The molecule has 1 aromatic rings. The number of rotatable bonds is 1. The van der Waals surface area contributed by atoms with Crippen molar-refractivity contribution in [3.63, 3.8) is 0 Å². The first kappa shape index (κ1) is 10.9. The lowest BCUT2D eigenvalue weighted by atomic mass is 10.0. The molecule has 17 heavy (non-hydrogen) atoms. The Morgan fingerprint density at radius 1 is 1.41 bits per heavy atom. The molecule has 0 aromatic heterocycles. The zero-order chi connectivity index (χ0) is 12.4. The third kappa shape index (κ3) is 1.66. The summed E-state index contributed by atoms with van der Waals surface area (Å²) < 4.78 is 0. The summed E-state index contributed by atoms with van der Waals surface area (Å²) in [5.41, 5.74) is 7.51. The Labute approximate surface area is 98.3 Å². The maximum Gasteiger partial charge on any atom is 0.263 e. The summed E-state index contributed by atoms with van der Waals surface area (Å²) in [6.45, 7) is 0. The molecule has 5 nitrogen and oxygen atoms in total. The van der Waals surface area contributed by atoms with Gasteiger partial charge >= 0.3 is 0 Å². The number of carbonyl (C=O) groups is 1. The van der Waals surface area contributed by atoms with Crippen LogP contribution in [-0.4, -0.2) is 18.8 Å². The third-order valence-electron chi connectivity index (χ3n) is 2.49. The molecule has 0 atom stereocenters. The van der Waals surface area contributed by atoms with Crippen LogP contribution < -0.4 is 11.1 Å². The first-order valence-electron chi connectivity index (χ1n) is 4.99. The van der Waals surface area contributed by atoms with Crippen molar-refractivity contribution in [2.24, 2.45) is 10.7 Å². The van der Waals surface area contributed by atoms with Crippen molar-refractivity contribution in [1.29, 1.82) is 5.26 Å². The second kappa shape index (κ2) is 4.10. The highest BCUT2D eigenvalue weighted by molar-refractivity contribution is 6.14. The van der Waals surface area contributed by atoms with Crippen LogP contribution in [0.3, 0.4) is 0 Å². The van der Waals surface area contributed by atoms with Crippen molar-refractivity contribution in [3.8, 4) is 6.07 Å². The molecule has 84 valence electrons. The van der Waals surface area contributed by atoms with Crippen molar-refractivity contribution >= 4 is 17.4 Å². The molecular formula is C12H10N4O. The molecule has 1 aliphatic heterocycles. The molecule has 0 bridgehead atoms. The topological polar surface area (TPSA) is 91.3 Å². The quantitative estimate of drug-likeness (QED) is 0.536. The molecule has 0 saturated heterocycles. The molecule has 3 N–H and O–H groups in total. The number of amidine groups is 1. The van der Waals surface area contributed by atoms with Crippen molar-refractivity contribution in [2.75, 3.05) is 7.05 Å². The number of nitrogens with two attached hydrogens (primary N) is 1. The fourth-order valence-corrected chi connectivity index (χ4v) is 1.68. The number of nitrogens with one attached hydrogen (secondary N) is 1. The predicted octanol–water partition coefficient (Wildman–Crippen LogP) is 0.386. The number of nitriles is 1. The van der Waals surface area contributed by atoms with E-state index >= 15 is 0 Å². The van der Waals surface area contributed by atoms with Crippen LogP contribution in [0.1, 0.15) is 11.1 Å². The van der Waals surface area contributed by atoms with E-state index in [1.165, 1.54) is 7.05 Å². The SMILES string of the molecule is CNC(=O)/C(C#N)=C1/N=C(N)c2ccccc21. The summed E-state index contributed by atoms with van der Waals surface area (Å²) in [6, 6.07) is 9.09. The van der Waals surface area contributed by atoms with Crippen LogP contribution >= 0.6 is 0 Å². The third-order valence-corrected chi connectivity index (χ3v) is 2.49. The second-order valence-electron chi connectivity index (χ2n) is 3.46. The van der Waals surface area contributed by atoms with Gasteiger partial charge < -0.3 is 11.1 Å². The molecule has 0 fully saturated rings. The van der Waals surface area contributed by atoms with Gasteiger partial charge in [-0.05, 0) is 0 Å². The Hall–Kier alpha value is -2.61. The lowest BCUT2D eigenvalue weighted by Crippen LogP contribution is -2.20. The number of hydrogen-bond acceptors (Lipinski definition) is 4. The molecule has 0 aliphatic carbocycles. The first-order valence-corrected chi connectivity index (χ1v) is 4.99. The average Bonchev–Trinajstić information content (AvgIpc) is 2.68. The van der Waals surface area contributed by atoms with E-state index < -0.39 is 5.91 Å². The van der Waals surface area contributed by atoms with Gasteiger partial charge in [0, 0.05) is 18.2 Å². The van der Waals surface area contributed by atoms with E-state index in [9.17, 15) is 4.79 Å². The summed E-state index contributed by atoms with van der Waals surface area (Å²) >= 11 is 0. The van der Waals surface area contributed by atoms with Gasteiger partial charge in [0.05, 0.1) is 5.70 Å². The van der Waals surface area contributed by atoms with Crippen molar-refractivity contribution in [2.45, 2.75) is 0 Å². The van der Waals surface area contributed by atoms with Crippen LogP contribution in [0.5, 0.6) is 0 Å². The van der Waals surface area contributed by atoms with Crippen molar-refractivity contribution < 1.29 is 4.79 Å². The van der Waals surface area contributed by atoms with E-state index in [0.29, 0.717) is 17.1 Å². The zero-order valence-corrected chi connectivity index (χ0v) is 9.19. The number of carbonyl (C=O) groups excluding carboxylic acids is 1. The van der Waals surface area contributed by atoms with Crippen LogP contribution in [0, 0.1) is 11.3 Å². The highest BCUT2D eigenvalue weighted by Crippen LogP contribution is 2.29. The minimum Gasteiger partial charge on any atom is -0.383 e. The van der Waals surface area contributed by atoms with E-state index in [-0.39, 0.29) is 5.57 Å². The summed E-state index contributed by atoms with van der Waals surface area (Å²) in [5.74, 6) is -0.136. The lowest BCUT2D eigenvalue weighted by Gasteiger charge is -2.02. The summed E-state index contributed by atoms with van der Waals surface area (Å²) in [5, 5.41) is 11.4. The molecular weight excluding hydrogens is 216 g/mol. The van der Waals surface area contributed by atoms with Crippen LogP contribution in [0.2, 0.25) is 0 Å². The van der Waals surface area contributed by atoms with Gasteiger partial charge in [-0.2, -0.15) is 5.26 Å². The minimum absolute atomic E-state index is 0.0274. The maximum atomic E-state index is 11.5. The number of benzene rings is 1. The Morgan fingerprint density at radius 2 is 2.06 bits per heavy atom. The van der Waals surface area contributed by atoms with E-state index in [0.717, 1.165) is 5.56 Å². The number of likely N-dealkylation sites (N-methyl/N-ethyl adjacent to an activating group) is 1. The summed E-state index contributed by atoms with van der Waals surface area (Å²) in [6.07, 6.45) is 0. The zero-order valence-electron chi connectivity index (χ0n) is 9.19. The molecule has 1 heterocycles. The molecule has 1 aromatic carbocycles. The molecule has 1 amide bonds. The fourth-order valence-electron chi connectivity index (χ4n) is 1.68. The van der Waals surface area contributed by atoms with Gasteiger partial charge in [-0.1, -0.05) is 24.3 Å². The minimum atomic E-state index is -0.462. The molecule has 5 heteroatoms. The van der Waals surface area contributed by atoms with Gasteiger partial charge in [0.25, 0.3) is 5.91 Å². The second-order valence-corrected chi connectivity index (χ2v) is 3.46. The monoisotopic (exact) mass is 226 g/mol. The summed E-state index contributed by atoms with van der Waals surface area (Å²) in [4.78, 5) is 15.6. The molecule has 0 saturated carbocycles. The largest absolute Gasteiger partial charge is 0.383 e. The van der Waals surface area contributed by atoms with Gasteiger partial charge in [0.1, 0.15) is 17.5 Å². The summed E-state index contributed by atoms with van der Waals surface area (Å²) in [7, 11) is 1.47. The number of aliphatic imine (C=N–C) groups is 1. The molecule has 2 rings (SSSR count). The average molecular weight is 226 g/mol. The van der Waals surface area contributed by atoms with Gasteiger partial charge in [-0.25, -0.2) is 4.99 Å². The van der Waals surface area contributed by atoms with E-state index in [2.05, 4.69) is 10.3 Å². The number of nitrogens with zero attached hydrogens (tertiary/aromatic N) is 2. The normalized spacial score (nSPS) is 15.6. The fraction of sp³-hybridized carbons (Fsp3) is 0.0833. The first-order chi connectivity index (χ1) is 8.19. The van der Waals surface area contributed by atoms with Gasteiger partial charge in [0.2, 0.25) is 0 Å².